The van der Waals surface area contributed by atoms with Crippen LogP contribution in [-0.4, -0.2) is 59.4 Å². The molecule has 0 spiro atoms. The summed E-state index contributed by atoms with van der Waals surface area (Å²) in [5.74, 6) is -1.35. The van der Waals surface area contributed by atoms with Crippen LogP contribution in [0.5, 0.6) is 0 Å². The van der Waals surface area contributed by atoms with E-state index in [1.54, 1.807) is 4.90 Å². The van der Waals surface area contributed by atoms with E-state index in [2.05, 4.69) is 21.3 Å². The van der Waals surface area contributed by atoms with Gasteiger partial charge in [0.2, 0.25) is 17.7 Å². The van der Waals surface area contributed by atoms with Crippen molar-refractivity contribution in [3.63, 3.8) is 0 Å². The summed E-state index contributed by atoms with van der Waals surface area (Å²) in [6.45, 7) is 2.35. The van der Waals surface area contributed by atoms with Gasteiger partial charge in [0.1, 0.15) is 12.1 Å². The molecule has 46 heavy (non-hydrogen) atoms. The van der Waals surface area contributed by atoms with Gasteiger partial charge in [-0.25, -0.2) is 4.79 Å². The quantitative estimate of drug-likeness (QED) is 0.222. The lowest BCUT2D eigenvalue weighted by atomic mass is 9.92. The molecule has 2 saturated heterocycles. The van der Waals surface area contributed by atoms with Crippen LogP contribution in [0, 0.1) is 5.92 Å². The standard InChI is InChI=1S/C36H44N6O4/c1-2-29(37)33(43)41-32-27(23-39-36(46)38-22-24-12-6-3-7-13-24)18-19-28-20-21-30(42(28)35(32)45)34(44)40-31(25-14-8-4-9-15-25)26-16-10-5-11-17-26/h3-17,27-32H,2,18-23,37H2,1H3,(H,40,44)(H,41,43)(H2,38,39,46)/t27-,28+,29?,30+,32+/m1/s1. The van der Waals surface area contributed by atoms with E-state index in [0.717, 1.165) is 16.7 Å². The monoisotopic (exact) mass is 624 g/mol. The maximum atomic E-state index is 14.3. The minimum atomic E-state index is -0.933. The second kappa shape index (κ2) is 15.5. The third-order valence-electron chi connectivity index (χ3n) is 9.12. The van der Waals surface area contributed by atoms with Gasteiger partial charge in [0.05, 0.1) is 12.1 Å². The summed E-state index contributed by atoms with van der Waals surface area (Å²) in [6.07, 6.45) is 2.86. The van der Waals surface area contributed by atoms with E-state index in [1.807, 2.05) is 97.9 Å². The molecule has 10 heteroatoms. The van der Waals surface area contributed by atoms with E-state index >= 15 is 0 Å². The first-order valence-corrected chi connectivity index (χ1v) is 16.2. The van der Waals surface area contributed by atoms with E-state index in [9.17, 15) is 19.2 Å². The van der Waals surface area contributed by atoms with Gasteiger partial charge in [0, 0.05) is 25.0 Å². The maximum absolute atomic E-state index is 14.3. The predicted octanol–water partition coefficient (Wildman–Crippen LogP) is 3.38. The zero-order valence-electron chi connectivity index (χ0n) is 26.2. The highest BCUT2D eigenvalue weighted by atomic mass is 16.2. The van der Waals surface area contributed by atoms with Crippen molar-refractivity contribution in [1.82, 2.24) is 26.2 Å². The largest absolute Gasteiger partial charge is 0.343 e. The van der Waals surface area contributed by atoms with Gasteiger partial charge < -0.3 is 31.9 Å². The van der Waals surface area contributed by atoms with Crippen LogP contribution in [0.1, 0.15) is 61.8 Å². The third-order valence-corrected chi connectivity index (χ3v) is 9.12. The molecule has 0 radical (unpaired) electrons. The minimum Gasteiger partial charge on any atom is -0.343 e. The highest BCUT2D eigenvalue weighted by Crippen LogP contribution is 2.35. The number of hydrogen-bond donors (Lipinski definition) is 5. The fraction of sp³-hybridized carbons (Fsp3) is 0.389. The Morgan fingerprint density at radius 3 is 2.02 bits per heavy atom. The number of amides is 5. The van der Waals surface area contributed by atoms with E-state index in [-0.39, 0.29) is 42.4 Å². The van der Waals surface area contributed by atoms with Crippen molar-refractivity contribution in [2.45, 2.75) is 75.8 Å². The molecular formula is C36H44N6O4. The molecule has 0 bridgehead atoms. The van der Waals surface area contributed by atoms with Crippen LogP contribution in [0.2, 0.25) is 0 Å². The van der Waals surface area contributed by atoms with Crippen molar-refractivity contribution in [3.8, 4) is 0 Å². The molecular weight excluding hydrogens is 580 g/mol. The van der Waals surface area contributed by atoms with Crippen LogP contribution in [0.3, 0.4) is 0 Å². The molecule has 2 aliphatic heterocycles. The summed E-state index contributed by atoms with van der Waals surface area (Å²) in [5.41, 5.74) is 8.89. The molecule has 0 aliphatic carbocycles. The number of nitrogens with two attached hydrogens (primary N) is 1. The second-order valence-electron chi connectivity index (χ2n) is 12.1. The highest BCUT2D eigenvalue weighted by Gasteiger charge is 2.48. The molecule has 5 rings (SSSR count). The van der Waals surface area contributed by atoms with E-state index in [1.165, 1.54) is 0 Å². The molecule has 3 aromatic carbocycles. The summed E-state index contributed by atoms with van der Waals surface area (Å²) < 4.78 is 0. The van der Waals surface area contributed by atoms with Gasteiger partial charge in [0.15, 0.2) is 0 Å². The van der Waals surface area contributed by atoms with Crippen molar-refractivity contribution in [2.24, 2.45) is 11.7 Å². The Bertz CT molecular complexity index is 1430. The van der Waals surface area contributed by atoms with Crippen molar-refractivity contribution < 1.29 is 19.2 Å². The van der Waals surface area contributed by atoms with Crippen LogP contribution >= 0.6 is 0 Å². The van der Waals surface area contributed by atoms with Gasteiger partial charge in [-0.1, -0.05) is 97.9 Å². The lowest BCUT2D eigenvalue weighted by Crippen LogP contribution is -2.59. The summed E-state index contributed by atoms with van der Waals surface area (Å²) in [7, 11) is 0. The zero-order valence-corrected chi connectivity index (χ0v) is 26.2. The Hall–Kier alpha value is -4.70. The number of carbonyl (C=O) groups excluding carboxylic acids is 4. The van der Waals surface area contributed by atoms with Crippen LogP contribution in [0.25, 0.3) is 0 Å². The highest BCUT2D eigenvalue weighted by molar-refractivity contribution is 5.94. The summed E-state index contributed by atoms with van der Waals surface area (Å²) in [6, 6.07) is 25.8. The van der Waals surface area contributed by atoms with E-state index in [4.69, 9.17) is 5.73 Å². The van der Waals surface area contributed by atoms with Crippen LogP contribution in [0.4, 0.5) is 4.79 Å². The van der Waals surface area contributed by atoms with Crippen LogP contribution in [0.15, 0.2) is 91.0 Å². The van der Waals surface area contributed by atoms with Crippen molar-refractivity contribution in [2.75, 3.05) is 6.54 Å². The van der Waals surface area contributed by atoms with Crippen molar-refractivity contribution in [3.05, 3.63) is 108 Å². The number of carbonyl (C=O) groups is 4. The number of nitrogens with one attached hydrogen (secondary N) is 4. The minimum absolute atomic E-state index is 0.147. The number of benzene rings is 3. The molecule has 242 valence electrons. The SMILES string of the molecule is CCC(N)C(=O)N[C@@H]1C(=O)N2[C@@H](CC[C@@H]1CNC(=O)NCc1ccccc1)CC[C@H]2C(=O)NC(c1ccccc1)c1ccccc1. The molecule has 6 N–H and O–H groups in total. The van der Waals surface area contributed by atoms with E-state index in [0.29, 0.717) is 38.6 Å². The summed E-state index contributed by atoms with van der Waals surface area (Å²) in [5, 5.41) is 11.9. The van der Waals surface area contributed by atoms with Crippen LogP contribution in [-0.2, 0) is 20.9 Å². The zero-order chi connectivity index (χ0) is 32.5. The Labute approximate surface area is 270 Å². The van der Waals surface area contributed by atoms with E-state index < -0.39 is 24.0 Å². The molecule has 3 aromatic rings. The van der Waals surface area contributed by atoms with Gasteiger partial charge >= 0.3 is 6.03 Å². The molecule has 5 amide bonds. The Morgan fingerprint density at radius 1 is 0.826 bits per heavy atom. The fourth-order valence-corrected chi connectivity index (χ4v) is 6.49. The average molecular weight is 625 g/mol. The first kappa shape index (κ1) is 32.7. The first-order chi connectivity index (χ1) is 22.4. The fourth-order valence-electron chi connectivity index (χ4n) is 6.49. The molecule has 5 atom stereocenters. The Morgan fingerprint density at radius 2 is 1.41 bits per heavy atom. The van der Waals surface area contributed by atoms with Crippen LogP contribution < -0.4 is 27.0 Å². The topological polar surface area (TPSA) is 146 Å². The number of rotatable bonds is 11. The number of urea groups is 1. The molecule has 0 saturated carbocycles. The smallest absolute Gasteiger partial charge is 0.315 e. The van der Waals surface area contributed by atoms with Gasteiger partial charge in [-0.05, 0) is 48.8 Å². The lowest BCUT2D eigenvalue weighted by Gasteiger charge is -2.33. The molecule has 2 aliphatic rings. The number of hydrogen-bond acceptors (Lipinski definition) is 5. The molecule has 0 aromatic heterocycles. The molecule has 10 nitrogen and oxygen atoms in total. The molecule has 2 fully saturated rings. The maximum Gasteiger partial charge on any atom is 0.315 e. The summed E-state index contributed by atoms with van der Waals surface area (Å²) >= 11 is 0. The number of fused-ring (bicyclic) bond motifs is 1. The van der Waals surface area contributed by atoms with Crippen molar-refractivity contribution >= 4 is 23.8 Å². The lowest BCUT2D eigenvalue weighted by molar-refractivity contribution is -0.143. The second-order valence-corrected chi connectivity index (χ2v) is 12.1. The van der Waals surface area contributed by atoms with Gasteiger partial charge in [-0.3, -0.25) is 14.4 Å². The van der Waals surface area contributed by atoms with Gasteiger partial charge in [-0.2, -0.15) is 0 Å². The van der Waals surface area contributed by atoms with Gasteiger partial charge in [0.25, 0.3) is 0 Å². The Balaban J connectivity index is 1.32. The normalized spacial score (nSPS) is 21.5. The molecule has 1 unspecified atom stereocenters. The van der Waals surface area contributed by atoms with Crippen molar-refractivity contribution in [1.29, 1.82) is 0 Å². The molecule has 2 heterocycles. The predicted molar refractivity (Wildman–Crippen MR) is 176 cm³/mol. The Kier molecular flexibility index (Phi) is 11.0. The number of nitrogens with zero attached hydrogens (tertiary/aromatic N) is 1. The average Bonchev–Trinajstić information content (AvgIpc) is 3.48. The summed E-state index contributed by atoms with van der Waals surface area (Å²) in [4.78, 5) is 55.8. The van der Waals surface area contributed by atoms with Gasteiger partial charge in [-0.15, -0.1) is 0 Å². The third kappa shape index (κ3) is 7.92. The first-order valence-electron chi connectivity index (χ1n) is 16.2.